The number of methoxy groups -OCH3 is 3. The van der Waals surface area contributed by atoms with Crippen molar-refractivity contribution in [2.45, 2.75) is 225 Å². The summed E-state index contributed by atoms with van der Waals surface area (Å²) in [4.78, 5) is 53.6. The number of thioether (sulfide) groups is 1. The predicted molar refractivity (Wildman–Crippen MR) is 348 cm³/mol. The summed E-state index contributed by atoms with van der Waals surface area (Å²) >= 11 is 5.77. The van der Waals surface area contributed by atoms with Gasteiger partial charge in [0.15, 0.2) is 11.2 Å². The van der Waals surface area contributed by atoms with Gasteiger partial charge in [-0.3, -0.25) is 9.59 Å². The van der Waals surface area contributed by atoms with Crippen molar-refractivity contribution in [3.63, 3.8) is 0 Å². The van der Waals surface area contributed by atoms with E-state index in [0.29, 0.717) is 50.0 Å². The van der Waals surface area contributed by atoms with E-state index >= 15 is 0 Å². The van der Waals surface area contributed by atoms with Crippen molar-refractivity contribution in [3.8, 4) is 5.75 Å². The lowest BCUT2D eigenvalue weighted by Gasteiger charge is -2.55. The highest BCUT2D eigenvalue weighted by molar-refractivity contribution is 8.23. The number of carbonyl (C=O) groups is 4. The molecular weight excluding hydrogens is 1170 g/mol. The zero-order valence-electron chi connectivity index (χ0n) is 53.9. The second-order valence-electron chi connectivity index (χ2n) is 25.1. The summed E-state index contributed by atoms with van der Waals surface area (Å²) in [5, 5.41) is -0.000907. The van der Waals surface area contributed by atoms with Crippen LogP contribution in [0.25, 0.3) is 0 Å². The van der Waals surface area contributed by atoms with Crippen molar-refractivity contribution in [2.24, 2.45) is 10.8 Å². The molecule has 0 N–H and O–H groups in total. The molecule has 2 aromatic rings. The summed E-state index contributed by atoms with van der Waals surface area (Å²) in [5.74, 6) is -3.34. The normalized spacial score (nSPS) is 26.0. The lowest BCUT2D eigenvalue weighted by Crippen LogP contribution is -2.63. The van der Waals surface area contributed by atoms with Gasteiger partial charge < -0.3 is 56.8 Å². The molecule has 3 aliphatic rings. The smallest absolute Gasteiger partial charge is 0.380 e. The van der Waals surface area contributed by atoms with Gasteiger partial charge in [0.2, 0.25) is 5.79 Å². The summed E-state index contributed by atoms with van der Waals surface area (Å²) in [5.41, 5.74) is 0.492. The first-order chi connectivity index (χ1) is 41.0. The number of thiol groups is 1. The molecule has 482 valence electrons. The van der Waals surface area contributed by atoms with Crippen molar-refractivity contribution in [1.29, 1.82) is 0 Å². The first-order valence-electron chi connectivity index (χ1n) is 30.2. The number of hydrogen-bond acceptors (Lipinski definition) is 18. The van der Waals surface area contributed by atoms with Crippen LogP contribution in [-0.2, 0) is 84.4 Å². The number of rotatable bonds is 31. The van der Waals surface area contributed by atoms with Crippen LogP contribution in [0.4, 0.5) is 0 Å². The van der Waals surface area contributed by atoms with E-state index in [4.69, 9.17) is 56.8 Å². The largest absolute Gasteiger partial charge is 0.497 e. The maximum absolute atomic E-state index is 14.0. The minimum atomic E-state index is -1.79. The second kappa shape index (κ2) is 34.4. The highest BCUT2D eigenvalue weighted by atomic mass is 32.2. The highest BCUT2D eigenvalue weighted by Crippen LogP contribution is 2.52. The molecule has 3 heterocycles. The number of unbranched alkanes of at least 4 members (excludes halogenated alkanes) is 1. The van der Waals surface area contributed by atoms with Gasteiger partial charge in [0.25, 0.3) is 0 Å². The third kappa shape index (κ3) is 22.7. The van der Waals surface area contributed by atoms with Gasteiger partial charge in [0.1, 0.15) is 18.6 Å². The van der Waals surface area contributed by atoms with E-state index in [2.05, 4.69) is 48.9 Å². The Kier molecular flexibility index (Phi) is 29.1. The van der Waals surface area contributed by atoms with Crippen LogP contribution in [0.5, 0.6) is 5.75 Å². The van der Waals surface area contributed by atoms with E-state index in [1.807, 2.05) is 121 Å². The molecule has 3 saturated heterocycles. The van der Waals surface area contributed by atoms with Gasteiger partial charge >= 0.3 is 23.8 Å². The lowest BCUT2D eigenvalue weighted by atomic mass is 9.65. The minimum absolute atomic E-state index is 0.000907. The molecule has 3 aliphatic heterocycles. The fourth-order valence-electron chi connectivity index (χ4n) is 11.4. The molecule has 0 amide bonds. The van der Waals surface area contributed by atoms with Crippen LogP contribution in [0.15, 0.2) is 115 Å². The first-order valence-corrected chi connectivity index (χ1v) is 32.2. The summed E-state index contributed by atoms with van der Waals surface area (Å²) in [6, 6.07) is 17.4. The molecule has 2 aromatic carbocycles. The molecule has 20 heteroatoms. The Morgan fingerprint density at radius 1 is 0.874 bits per heavy atom. The van der Waals surface area contributed by atoms with Crippen molar-refractivity contribution >= 4 is 62.3 Å². The van der Waals surface area contributed by atoms with Crippen LogP contribution in [0.3, 0.4) is 0 Å². The Morgan fingerprint density at radius 3 is 2.21 bits per heavy atom. The average Bonchev–Trinajstić information content (AvgIpc) is 0.782. The molecule has 5 rings (SSSR count). The third-order valence-corrected chi connectivity index (χ3v) is 17.6. The van der Waals surface area contributed by atoms with E-state index in [1.54, 1.807) is 19.3 Å². The number of esters is 3. The Morgan fingerprint density at radius 2 is 1.57 bits per heavy atom. The first kappa shape index (κ1) is 73.6. The average molecular weight is 1270 g/mol. The maximum Gasteiger partial charge on any atom is 0.380 e. The van der Waals surface area contributed by atoms with E-state index in [9.17, 15) is 19.2 Å². The SMILES string of the molecule is C=C1C[C@@H](CC2(C)O[C@H](C[C@H](CC(=O)SC(C)(C)C)OB(P)S)C[C@H](OC(C)=O)C2(C)C)O[C@@H](/C=C/C(C)(C)[C@]2(OC)O[C@H](C[C@@H](OCc3ccc(OC)cc3)[C@@H](C)OCOCc3ccccc3)C/C(=C\C(=O)OC)[C@@H]2OC(=O)/C=C/C=C/CCC)C1. The fourth-order valence-corrected chi connectivity index (χ4v) is 12.8. The maximum atomic E-state index is 14.0. The van der Waals surface area contributed by atoms with Crippen LogP contribution < -0.4 is 4.74 Å². The van der Waals surface area contributed by atoms with Gasteiger partial charge in [-0.2, -0.15) is 12.5 Å². The van der Waals surface area contributed by atoms with Gasteiger partial charge in [-0.15, -0.1) is 9.12 Å². The molecule has 12 atom stereocenters. The lowest BCUT2D eigenvalue weighted by molar-refractivity contribution is -0.338. The second-order valence-corrected chi connectivity index (χ2v) is 28.7. The predicted octanol–water partition coefficient (Wildman–Crippen LogP) is 13.2. The van der Waals surface area contributed by atoms with Crippen molar-refractivity contribution in [1.82, 2.24) is 0 Å². The van der Waals surface area contributed by atoms with Gasteiger partial charge in [-0.05, 0) is 74.8 Å². The molecule has 87 heavy (non-hydrogen) atoms. The molecule has 0 saturated carbocycles. The van der Waals surface area contributed by atoms with E-state index in [-0.39, 0.29) is 42.5 Å². The highest BCUT2D eigenvalue weighted by Gasteiger charge is 2.60. The summed E-state index contributed by atoms with van der Waals surface area (Å²) < 4.78 is 76.3. The van der Waals surface area contributed by atoms with Crippen LogP contribution in [0, 0.1) is 10.8 Å². The summed E-state index contributed by atoms with van der Waals surface area (Å²) in [6.07, 6.45) is 10.9. The van der Waals surface area contributed by atoms with Crippen LogP contribution in [-0.4, -0.2) is 128 Å². The number of carbonyl (C=O) groups excluding carboxylic acids is 4. The topological polar surface area (TPSA) is 179 Å². The van der Waals surface area contributed by atoms with Crippen LogP contribution in [0.1, 0.15) is 151 Å². The molecule has 0 bridgehead atoms. The third-order valence-electron chi connectivity index (χ3n) is 16.3. The van der Waals surface area contributed by atoms with Crippen molar-refractivity contribution in [2.75, 3.05) is 28.1 Å². The van der Waals surface area contributed by atoms with Gasteiger partial charge in [0, 0.05) is 67.4 Å². The fraction of sp³-hybridized carbons (Fsp3) is 0.612. The Balaban J connectivity index is 1.50. The molecule has 3 fully saturated rings. The van der Waals surface area contributed by atoms with Gasteiger partial charge in [-0.1, -0.05) is 159 Å². The summed E-state index contributed by atoms with van der Waals surface area (Å²) in [6.45, 7) is 26.4. The number of allylic oxidation sites excluding steroid dienone is 3. The van der Waals surface area contributed by atoms with E-state index < -0.39 is 101 Å². The number of ether oxygens (including phenoxy) is 11. The molecule has 0 spiro atoms. The Hall–Kier alpha value is -4.11. The summed E-state index contributed by atoms with van der Waals surface area (Å²) in [7, 11) is 6.93. The molecule has 2 unspecified atom stereocenters. The molecule has 0 radical (unpaired) electrons. The quantitative estimate of drug-likeness (QED) is 0.00719. The minimum Gasteiger partial charge on any atom is -0.497 e. The molecule has 16 nitrogen and oxygen atoms in total. The van der Waals surface area contributed by atoms with E-state index in [0.717, 1.165) is 29.5 Å². The zero-order valence-corrected chi connectivity index (χ0v) is 56.7. The van der Waals surface area contributed by atoms with Crippen LogP contribution >= 0.6 is 33.4 Å². The molecular formula is C67H98BO16PS2. The monoisotopic (exact) mass is 1260 g/mol. The molecule has 0 aromatic heterocycles. The van der Waals surface area contributed by atoms with Crippen molar-refractivity contribution < 1.29 is 75.9 Å². The van der Waals surface area contributed by atoms with E-state index in [1.165, 1.54) is 45.1 Å². The Bertz CT molecular complexity index is 2660. The number of hydrogen-bond donors (Lipinski definition) is 1. The Labute approximate surface area is 530 Å². The zero-order chi connectivity index (χ0) is 64.2. The van der Waals surface area contributed by atoms with Gasteiger partial charge in [0.05, 0.1) is 75.8 Å². The van der Waals surface area contributed by atoms with Crippen LogP contribution in [0.2, 0.25) is 0 Å². The van der Waals surface area contributed by atoms with Crippen molar-refractivity contribution in [3.05, 3.63) is 126 Å². The van der Waals surface area contributed by atoms with Gasteiger partial charge in [-0.25, -0.2) is 9.59 Å². The standard InChI is InChI=1S/C67H98BO16PS2/c1-16-17-18-19-23-26-59(70)81-62-50(36-60(71)74-14)35-53(38-57(77-43-49-27-29-51(73-13)30-28-49)46(3)78-44-76-42-48-24-21-20-22-25-48)83-67(62,75-15)64(8,9)32-31-52-33-45(2)34-56(80-52)41-66(12)65(10,11)58(79-47(4)69)39-54(82-66)37-55(84-68(85)86)40-61(72)87-63(5,6)7/h18-32,36,46,52-58,62,86H,2,16-17,33-35,37-44,85H2,1,3-15H3/b19-18+,26-23+,32-31+,50-36+/t46-,52+,53+,54-,55-,56+,57-,58+,62+,66?,67-/m1/s1. The number of benzene rings is 2. The molecule has 0 aliphatic carbocycles.